The normalized spacial score (nSPS) is 10.8. The number of imidazole rings is 1. The second kappa shape index (κ2) is 4.47. The lowest BCUT2D eigenvalue weighted by atomic mass is 10.3. The molecule has 5 nitrogen and oxygen atoms in total. The average Bonchev–Trinajstić information content (AvgIpc) is 2.93. The topological polar surface area (TPSA) is 70.7 Å². The fraction of sp³-hybridized carbons (Fsp3) is 0.154. The van der Waals surface area contributed by atoms with E-state index in [1.54, 1.807) is 0 Å². The second-order valence-corrected chi connectivity index (χ2v) is 5.42. The number of aromatic amines is 1. The molecular weight excluding hydrogens is 260 g/mol. The highest BCUT2D eigenvalue weighted by Gasteiger charge is 2.13. The van der Waals surface area contributed by atoms with Crippen LogP contribution in [0, 0.1) is 13.8 Å². The van der Waals surface area contributed by atoms with Crippen molar-refractivity contribution >= 4 is 33.4 Å². The van der Waals surface area contributed by atoms with Crippen LogP contribution >= 0.6 is 11.3 Å². The summed E-state index contributed by atoms with van der Waals surface area (Å²) in [5, 5.41) is 3.35. The van der Waals surface area contributed by atoms with Gasteiger partial charge in [0.05, 0.1) is 16.7 Å². The first kappa shape index (κ1) is 11.9. The monoisotopic (exact) mass is 272 g/mol. The van der Waals surface area contributed by atoms with Gasteiger partial charge in [0.15, 0.2) is 11.0 Å². The van der Waals surface area contributed by atoms with Crippen LogP contribution in [0.1, 0.15) is 21.2 Å². The van der Waals surface area contributed by atoms with Crippen LogP contribution < -0.4 is 5.32 Å². The Hall–Kier alpha value is -2.21. The number of thiazole rings is 1. The molecule has 0 fully saturated rings. The summed E-state index contributed by atoms with van der Waals surface area (Å²) in [4.78, 5) is 24.7. The molecule has 6 heteroatoms. The number of amides is 1. The third kappa shape index (κ3) is 2.22. The molecule has 0 spiro atoms. The van der Waals surface area contributed by atoms with Crippen LogP contribution in [-0.2, 0) is 0 Å². The van der Waals surface area contributed by atoms with Gasteiger partial charge >= 0.3 is 0 Å². The highest BCUT2D eigenvalue weighted by Crippen LogP contribution is 2.21. The summed E-state index contributed by atoms with van der Waals surface area (Å²) in [6.45, 7) is 3.90. The van der Waals surface area contributed by atoms with Crippen LogP contribution in [0.25, 0.3) is 11.0 Å². The van der Waals surface area contributed by atoms with Crippen molar-refractivity contribution in [3.8, 4) is 0 Å². The zero-order valence-corrected chi connectivity index (χ0v) is 11.3. The van der Waals surface area contributed by atoms with E-state index in [1.165, 1.54) is 11.3 Å². The van der Waals surface area contributed by atoms with E-state index in [0.717, 1.165) is 21.6 Å². The minimum Gasteiger partial charge on any atom is -0.334 e. The van der Waals surface area contributed by atoms with Gasteiger partial charge in [-0.1, -0.05) is 12.1 Å². The zero-order chi connectivity index (χ0) is 13.4. The average molecular weight is 272 g/mol. The van der Waals surface area contributed by atoms with E-state index in [1.807, 2.05) is 38.1 Å². The number of carbonyl (C=O) groups excluding carboxylic acids is 1. The number of anilines is 1. The summed E-state index contributed by atoms with van der Waals surface area (Å²) in [5.74, 6) is 0.0247. The number of aryl methyl sites for hydroxylation is 2. The van der Waals surface area contributed by atoms with E-state index in [-0.39, 0.29) is 5.91 Å². The van der Waals surface area contributed by atoms with Gasteiger partial charge < -0.3 is 4.98 Å². The molecule has 0 radical (unpaired) electrons. The summed E-state index contributed by atoms with van der Waals surface area (Å²) in [6.07, 6.45) is 0. The van der Waals surface area contributed by atoms with Crippen molar-refractivity contribution in [2.45, 2.75) is 13.8 Å². The van der Waals surface area contributed by atoms with Gasteiger partial charge in [0, 0.05) is 4.88 Å². The molecule has 0 saturated carbocycles. The SMILES string of the molecule is Cc1nc(NC(=O)c2nc3ccccc3[nH]2)sc1C. The number of hydrogen-bond donors (Lipinski definition) is 2. The number of fused-ring (bicyclic) bond motifs is 1. The number of rotatable bonds is 2. The highest BCUT2D eigenvalue weighted by atomic mass is 32.1. The maximum absolute atomic E-state index is 12.1. The molecule has 2 heterocycles. The predicted octanol–water partition coefficient (Wildman–Crippen LogP) is 2.89. The molecule has 0 aliphatic heterocycles. The molecule has 3 aromatic rings. The molecule has 3 rings (SSSR count). The lowest BCUT2D eigenvalue weighted by molar-refractivity contribution is 0.101. The first-order valence-electron chi connectivity index (χ1n) is 5.83. The smallest absolute Gasteiger partial charge is 0.293 e. The van der Waals surface area contributed by atoms with Crippen molar-refractivity contribution in [3.63, 3.8) is 0 Å². The number of hydrogen-bond acceptors (Lipinski definition) is 4. The third-order valence-corrected chi connectivity index (χ3v) is 3.84. The molecule has 2 aromatic heterocycles. The summed E-state index contributed by atoms with van der Waals surface area (Å²) >= 11 is 1.46. The Balaban J connectivity index is 1.87. The minimum atomic E-state index is -0.273. The Morgan fingerprint density at radius 3 is 2.74 bits per heavy atom. The third-order valence-electron chi connectivity index (χ3n) is 2.85. The van der Waals surface area contributed by atoms with Gasteiger partial charge in [0.2, 0.25) is 0 Å². The van der Waals surface area contributed by atoms with Crippen LogP contribution in [0.3, 0.4) is 0 Å². The molecule has 0 bridgehead atoms. The summed E-state index contributed by atoms with van der Waals surface area (Å²) in [7, 11) is 0. The standard InChI is InChI=1S/C13H12N4OS/c1-7-8(2)19-13(14-7)17-12(18)11-15-9-5-3-4-6-10(9)16-11/h3-6H,1-2H3,(H,15,16)(H,14,17,18). The van der Waals surface area contributed by atoms with Gasteiger partial charge in [-0.2, -0.15) is 0 Å². The van der Waals surface area contributed by atoms with E-state index in [2.05, 4.69) is 20.3 Å². The second-order valence-electron chi connectivity index (χ2n) is 4.22. The van der Waals surface area contributed by atoms with Gasteiger partial charge in [-0.3, -0.25) is 10.1 Å². The van der Waals surface area contributed by atoms with Crippen molar-refractivity contribution in [2.24, 2.45) is 0 Å². The number of para-hydroxylation sites is 2. The summed E-state index contributed by atoms with van der Waals surface area (Å²) in [5.41, 5.74) is 2.56. The molecule has 96 valence electrons. The Kier molecular flexibility index (Phi) is 2.79. The van der Waals surface area contributed by atoms with Crippen LogP contribution in [0.4, 0.5) is 5.13 Å². The number of aromatic nitrogens is 3. The van der Waals surface area contributed by atoms with Crippen molar-refractivity contribution in [3.05, 3.63) is 40.7 Å². The number of carbonyl (C=O) groups is 1. The van der Waals surface area contributed by atoms with E-state index in [4.69, 9.17) is 0 Å². The van der Waals surface area contributed by atoms with Gasteiger partial charge in [0.1, 0.15) is 0 Å². The Morgan fingerprint density at radius 1 is 1.26 bits per heavy atom. The van der Waals surface area contributed by atoms with Gasteiger partial charge in [-0.15, -0.1) is 11.3 Å². The number of H-pyrrole nitrogens is 1. The molecule has 19 heavy (non-hydrogen) atoms. The van der Waals surface area contributed by atoms with Crippen molar-refractivity contribution in [1.82, 2.24) is 15.0 Å². The van der Waals surface area contributed by atoms with Gasteiger partial charge in [-0.25, -0.2) is 9.97 Å². The van der Waals surface area contributed by atoms with Crippen LogP contribution in [0.15, 0.2) is 24.3 Å². The summed E-state index contributed by atoms with van der Waals surface area (Å²) < 4.78 is 0. The first-order valence-corrected chi connectivity index (χ1v) is 6.65. The Labute approximate surface area is 113 Å². The van der Waals surface area contributed by atoms with Gasteiger partial charge in [0.25, 0.3) is 5.91 Å². The Morgan fingerprint density at radius 2 is 2.05 bits per heavy atom. The molecule has 1 amide bonds. The molecule has 0 saturated heterocycles. The van der Waals surface area contributed by atoms with E-state index < -0.39 is 0 Å². The lowest BCUT2D eigenvalue weighted by Crippen LogP contribution is -2.13. The molecule has 0 aliphatic carbocycles. The molecular formula is C13H12N4OS. The molecule has 1 aromatic carbocycles. The fourth-order valence-electron chi connectivity index (χ4n) is 1.74. The van der Waals surface area contributed by atoms with E-state index in [9.17, 15) is 4.79 Å². The van der Waals surface area contributed by atoms with Crippen LogP contribution in [0.2, 0.25) is 0 Å². The maximum atomic E-state index is 12.1. The lowest BCUT2D eigenvalue weighted by Gasteiger charge is -1.96. The summed E-state index contributed by atoms with van der Waals surface area (Å²) in [6, 6.07) is 7.53. The van der Waals surface area contributed by atoms with Crippen LogP contribution in [0.5, 0.6) is 0 Å². The number of nitrogens with one attached hydrogen (secondary N) is 2. The largest absolute Gasteiger partial charge is 0.334 e. The first-order chi connectivity index (χ1) is 9.13. The molecule has 0 atom stereocenters. The quantitative estimate of drug-likeness (QED) is 0.753. The van der Waals surface area contributed by atoms with Gasteiger partial charge in [-0.05, 0) is 26.0 Å². The van der Waals surface area contributed by atoms with Crippen LogP contribution in [-0.4, -0.2) is 20.9 Å². The minimum absolute atomic E-state index is 0.273. The van der Waals surface area contributed by atoms with Crippen molar-refractivity contribution < 1.29 is 4.79 Å². The number of benzene rings is 1. The molecule has 0 aliphatic rings. The maximum Gasteiger partial charge on any atom is 0.293 e. The van der Waals surface area contributed by atoms with E-state index >= 15 is 0 Å². The fourth-order valence-corrected chi connectivity index (χ4v) is 2.55. The predicted molar refractivity (Wildman–Crippen MR) is 75.6 cm³/mol. The van der Waals surface area contributed by atoms with E-state index in [0.29, 0.717) is 11.0 Å². The zero-order valence-electron chi connectivity index (χ0n) is 10.5. The number of nitrogens with zero attached hydrogens (tertiary/aromatic N) is 2. The highest BCUT2D eigenvalue weighted by molar-refractivity contribution is 7.15. The van der Waals surface area contributed by atoms with Crippen molar-refractivity contribution in [2.75, 3.05) is 5.32 Å². The van der Waals surface area contributed by atoms with Crippen molar-refractivity contribution in [1.29, 1.82) is 0 Å². The molecule has 0 unspecified atom stereocenters. The Bertz CT molecular complexity index is 706. The molecule has 2 N–H and O–H groups in total.